The van der Waals surface area contributed by atoms with Crippen LogP contribution in [0.25, 0.3) is 0 Å². The van der Waals surface area contributed by atoms with Crippen molar-refractivity contribution in [2.75, 3.05) is 26.3 Å². The minimum atomic E-state index is -0.0139. The van der Waals surface area contributed by atoms with Gasteiger partial charge in [-0.1, -0.05) is 0 Å². The summed E-state index contributed by atoms with van der Waals surface area (Å²) in [4.78, 5) is 12.9. The summed E-state index contributed by atoms with van der Waals surface area (Å²) >= 11 is 0. The van der Waals surface area contributed by atoms with Gasteiger partial charge in [0.25, 0.3) is 0 Å². The maximum absolute atomic E-state index is 10.8. The molecule has 13 heavy (non-hydrogen) atoms. The minimum absolute atomic E-state index is 0.0139. The van der Waals surface area contributed by atoms with Crippen LogP contribution in [-0.2, 0) is 9.53 Å². The molecule has 1 fully saturated rings. The number of carbonyl (C=O) groups is 1. The molecule has 72 valence electrons. The van der Waals surface area contributed by atoms with Gasteiger partial charge in [-0.3, -0.25) is 4.90 Å². The number of rotatable bonds is 4. The lowest BCUT2D eigenvalue weighted by molar-refractivity contribution is -0.114. The molecule has 1 saturated heterocycles. The highest BCUT2D eigenvalue weighted by Gasteiger charge is 2.19. The fraction of sp³-hybridized carbons (Fsp3) is 0.700. The topological polar surface area (TPSA) is 29.5 Å². The van der Waals surface area contributed by atoms with Crippen LogP contribution in [0, 0.1) is 12.3 Å². The largest absolute Gasteiger partial charge is 0.379 e. The second kappa shape index (κ2) is 5.74. The third-order valence-corrected chi connectivity index (χ3v) is 2.26. The zero-order valence-electron chi connectivity index (χ0n) is 7.74. The Morgan fingerprint density at radius 1 is 1.54 bits per heavy atom. The summed E-state index contributed by atoms with van der Waals surface area (Å²) in [6.45, 7) is 3.13. The van der Waals surface area contributed by atoms with Crippen LogP contribution in [-0.4, -0.2) is 43.5 Å². The summed E-state index contributed by atoms with van der Waals surface area (Å²) in [5.74, 6) is 2.55. The summed E-state index contributed by atoms with van der Waals surface area (Å²) in [7, 11) is 0. The van der Waals surface area contributed by atoms with Gasteiger partial charge in [0, 0.05) is 19.5 Å². The number of ether oxygens (including phenoxy) is 1. The fourth-order valence-corrected chi connectivity index (χ4v) is 1.48. The van der Waals surface area contributed by atoms with Gasteiger partial charge >= 0.3 is 0 Å². The van der Waals surface area contributed by atoms with Gasteiger partial charge in [-0.25, -0.2) is 0 Å². The van der Waals surface area contributed by atoms with E-state index in [1.54, 1.807) is 0 Å². The van der Waals surface area contributed by atoms with E-state index in [-0.39, 0.29) is 6.04 Å². The lowest BCUT2D eigenvalue weighted by Gasteiger charge is -2.30. The summed E-state index contributed by atoms with van der Waals surface area (Å²) < 4.78 is 5.20. The van der Waals surface area contributed by atoms with E-state index in [1.807, 2.05) is 0 Å². The molecule has 0 N–H and O–H groups in total. The molecule has 0 aromatic rings. The van der Waals surface area contributed by atoms with E-state index in [2.05, 4.69) is 10.8 Å². The van der Waals surface area contributed by atoms with Crippen molar-refractivity contribution < 1.29 is 9.53 Å². The molecule has 1 rings (SSSR count). The van der Waals surface area contributed by atoms with Crippen molar-refractivity contribution in [3.63, 3.8) is 0 Å². The van der Waals surface area contributed by atoms with Crippen molar-refractivity contribution in [2.45, 2.75) is 18.9 Å². The van der Waals surface area contributed by atoms with Crippen molar-refractivity contribution in [3.8, 4) is 12.3 Å². The molecular weight excluding hydrogens is 166 g/mol. The summed E-state index contributed by atoms with van der Waals surface area (Å²) in [6, 6.07) is -0.0139. The first-order valence-corrected chi connectivity index (χ1v) is 4.59. The molecule has 1 unspecified atom stereocenters. The lowest BCUT2D eigenvalue weighted by atomic mass is 10.1. The van der Waals surface area contributed by atoms with Crippen LogP contribution < -0.4 is 0 Å². The number of hydrogen-bond donors (Lipinski definition) is 0. The van der Waals surface area contributed by atoms with E-state index in [1.165, 1.54) is 0 Å². The molecule has 0 bridgehead atoms. The first-order valence-electron chi connectivity index (χ1n) is 4.59. The molecular formula is C10H15NO2. The quantitative estimate of drug-likeness (QED) is 0.461. The van der Waals surface area contributed by atoms with Gasteiger partial charge in [-0.2, -0.15) is 0 Å². The Bertz CT molecular complexity index is 192. The Morgan fingerprint density at radius 2 is 2.23 bits per heavy atom. The second-order valence-corrected chi connectivity index (χ2v) is 3.09. The molecule has 3 heteroatoms. The molecule has 0 saturated carbocycles. The fourth-order valence-electron chi connectivity index (χ4n) is 1.48. The van der Waals surface area contributed by atoms with Gasteiger partial charge in [-0.05, 0) is 6.42 Å². The zero-order valence-corrected chi connectivity index (χ0v) is 7.74. The van der Waals surface area contributed by atoms with E-state index >= 15 is 0 Å². The highest BCUT2D eigenvalue weighted by molar-refractivity contribution is 5.57. The van der Waals surface area contributed by atoms with Crippen molar-refractivity contribution >= 4 is 6.29 Å². The number of morpholine rings is 1. The molecule has 0 amide bonds. The van der Waals surface area contributed by atoms with Gasteiger partial charge in [0.2, 0.25) is 0 Å². The normalized spacial score (nSPS) is 20.5. The Hall–Kier alpha value is -0.850. The third-order valence-electron chi connectivity index (χ3n) is 2.26. The van der Waals surface area contributed by atoms with Gasteiger partial charge in [0.1, 0.15) is 6.29 Å². The zero-order chi connectivity index (χ0) is 9.52. The molecule has 0 radical (unpaired) electrons. The van der Waals surface area contributed by atoms with Gasteiger partial charge in [0.05, 0.1) is 19.3 Å². The van der Waals surface area contributed by atoms with Crippen LogP contribution in [0.4, 0.5) is 0 Å². The molecule has 1 atom stereocenters. The molecule has 0 aromatic carbocycles. The number of terminal acetylenes is 1. The Morgan fingerprint density at radius 3 is 2.77 bits per heavy atom. The van der Waals surface area contributed by atoms with Crippen LogP contribution in [0.2, 0.25) is 0 Å². The predicted octanol–water partition coefficient (Wildman–Crippen LogP) is 0.299. The SMILES string of the molecule is C#CCCC(C=O)N1CCOCC1. The van der Waals surface area contributed by atoms with Crippen molar-refractivity contribution in [2.24, 2.45) is 0 Å². The lowest BCUT2D eigenvalue weighted by Crippen LogP contribution is -2.44. The van der Waals surface area contributed by atoms with E-state index in [9.17, 15) is 4.79 Å². The summed E-state index contributed by atoms with van der Waals surface area (Å²) in [6.07, 6.45) is 7.57. The Balaban J connectivity index is 2.35. The highest BCUT2D eigenvalue weighted by Crippen LogP contribution is 2.07. The standard InChI is InChI=1S/C10H15NO2/c1-2-3-4-10(9-12)11-5-7-13-8-6-11/h1,9-10H,3-8H2. The van der Waals surface area contributed by atoms with Gasteiger partial charge < -0.3 is 9.53 Å². The molecule has 0 aliphatic carbocycles. The van der Waals surface area contributed by atoms with Crippen molar-refractivity contribution in [1.82, 2.24) is 4.90 Å². The van der Waals surface area contributed by atoms with E-state index in [0.29, 0.717) is 6.42 Å². The minimum Gasteiger partial charge on any atom is -0.379 e. The monoisotopic (exact) mass is 181 g/mol. The first kappa shape index (κ1) is 10.2. The van der Waals surface area contributed by atoms with E-state index in [0.717, 1.165) is 39.0 Å². The van der Waals surface area contributed by atoms with Crippen LogP contribution in [0.1, 0.15) is 12.8 Å². The summed E-state index contributed by atoms with van der Waals surface area (Å²) in [5, 5.41) is 0. The van der Waals surface area contributed by atoms with Crippen LogP contribution in [0.5, 0.6) is 0 Å². The Kier molecular flexibility index (Phi) is 4.52. The van der Waals surface area contributed by atoms with Crippen LogP contribution in [0.3, 0.4) is 0 Å². The number of hydrogen-bond acceptors (Lipinski definition) is 3. The molecule has 1 heterocycles. The van der Waals surface area contributed by atoms with Gasteiger partial charge in [0.15, 0.2) is 0 Å². The summed E-state index contributed by atoms with van der Waals surface area (Å²) in [5.41, 5.74) is 0. The molecule has 1 aliphatic heterocycles. The van der Waals surface area contributed by atoms with Crippen LogP contribution in [0.15, 0.2) is 0 Å². The van der Waals surface area contributed by atoms with E-state index in [4.69, 9.17) is 11.2 Å². The Labute approximate surface area is 79.1 Å². The van der Waals surface area contributed by atoms with Gasteiger partial charge in [-0.15, -0.1) is 12.3 Å². The highest BCUT2D eigenvalue weighted by atomic mass is 16.5. The second-order valence-electron chi connectivity index (χ2n) is 3.09. The molecule has 1 aliphatic rings. The smallest absolute Gasteiger partial charge is 0.137 e. The molecule has 0 aromatic heterocycles. The van der Waals surface area contributed by atoms with E-state index < -0.39 is 0 Å². The number of nitrogens with zero attached hydrogens (tertiary/aromatic N) is 1. The average molecular weight is 181 g/mol. The molecule has 3 nitrogen and oxygen atoms in total. The van der Waals surface area contributed by atoms with Crippen molar-refractivity contribution in [1.29, 1.82) is 0 Å². The van der Waals surface area contributed by atoms with Crippen LogP contribution >= 0.6 is 0 Å². The average Bonchev–Trinajstić information content (AvgIpc) is 2.21. The maximum atomic E-state index is 10.8. The number of aldehydes is 1. The number of carbonyl (C=O) groups excluding carboxylic acids is 1. The van der Waals surface area contributed by atoms with Crippen molar-refractivity contribution in [3.05, 3.63) is 0 Å². The third kappa shape index (κ3) is 3.17. The predicted molar refractivity (Wildman–Crippen MR) is 50.3 cm³/mol. The maximum Gasteiger partial charge on any atom is 0.137 e. The first-order chi connectivity index (χ1) is 6.38. The molecule has 0 spiro atoms.